The van der Waals surface area contributed by atoms with Gasteiger partial charge in [-0.1, -0.05) is 42.5 Å². The van der Waals surface area contributed by atoms with E-state index in [0.29, 0.717) is 0 Å². The molecule has 5 rings (SSSR count). The van der Waals surface area contributed by atoms with Gasteiger partial charge < -0.3 is 10.1 Å². The molecule has 23 heavy (non-hydrogen) atoms. The number of hydrogen-bond donors (Lipinski definition) is 2. The molecule has 0 spiro atoms. The van der Waals surface area contributed by atoms with E-state index in [-0.39, 0.29) is 18.7 Å². The lowest BCUT2D eigenvalue weighted by Crippen LogP contribution is -2.49. The van der Waals surface area contributed by atoms with E-state index in [0.717, 1.165) is 19.4 Å². The summed E-state index contributed by atoms with van der Waals surface area (Å²) in [6, 6.07) is 17.8. The molecule has 2 atom stereocenters. The third-order valence-corrected chi connectivity index (χ3v) is 5.56. The van der Waals surface area contributed by atoms with Gasteiger partial charge in [-0.3, -0.25) is 4.90 Å². The van der Waals surface area contributed by atoms with Gasteiger partial charge in [0, 0.05) is 29.2 Å². The minimum Gasteiger partial charge on any atom is -0.395 e. The number of nitrogens with one attached hydrogen (secondary N) is 1. The highest BCUT2D eigenvalue weighted by molar-refractivity contribution is 5.85. The second kappa shape index (κ2) is 4.95. The van der Waals surface area contributed by atoms with Gasteiger partial charge in [0.15, 0.2) is 0 Å². The monoisotopic (exact) mass is 304 g/mol. The number of rotatable bonds is 1. The van der Waals surface area contributed by atoms with Crippen LogP contribution < -0.4 is 0 Å². The van der Waals surface area contributed by atoms with Crippen LogP contribution in [0.15, 0.2) is 48.5 Å². The van der Waals surface area contributed by atoms with Crippen LogP contribution in [0.25, 0.3) is 10.9 Å². The minimum absolute atomic E-state index is 0.208. The molecule has 3 aromatic rings. The standard InChI is InChI=1S/C20H20N2O/c23-12-14-11-17-16-7-3-4-8-18(16)21-19(17)20-15-6-2-1-5-13(15)9-10-22(14)20/h1-8,14,20-21,23H,9-12H2/t14-,20?/m0/s1. The SMILES string of the molecule is OC[C@@H]1Cc2c([nH]c3ccccc23)C2c3ccccc3CCN21. The molecule has 0 radical (unpaired) electrons. The summed E-state index contributed by atoms with van der Waals surface area (Å²) in [5.74, 6) is 0. The average molecular weight is 304 g/mol. The van der Waals surface area contributed by atoms with Crippen molar-refractivity contribution in [2.24, 2.45) is 0 Å². The highest BCUT2D eigenvalue weighted by atomic mass is 16.3. The largest absolute Gasteiger partial charge is 0.395 e. The van der Waals surface area contributed by atoms with Crippen LogP contribution in [0.4, 0.5) is 0 Å². The summed E-state index contributed by atoms with van der Waals surface area (Å²) >= 11 is 0. The Kier molecular flexibility index (Phi) is 2.87. The molecule has 0 saturated heterocycles. The number of nitrogens with zero attached hydrogens (tertiary/aromatic N) is 1. The minimum atomic E-state index is 0.208. The molecule has 0 amide bonds. The molecule has 2 aliphatic rings. The predicted molar refractivity (Wildman–Crippen MR) is 91.6 cm³/mol. The summed E-state index contributed by atoms with van der Waals surface area (Å²) in [6.45, 7) is 1.24. The summed E-state index contributed by atoms with van der Waals surface area (Å²) in [6.07, 6.45) is 1.99. The first-order valence-electron chi connectivity index (χ1n) is 8.40. The molecule has 0 bridgehead atoms. The molecule has 3 nitrogen and oxygen atoms in total. The number of para-hydroxylation sites is 1. The maximum absolute atomic E-state index is 9.96. The zero-order valence-corrected chi connectivity index (χ0v) is 13.0. The average Bonchev–Trinajstić information content (AvgIpc) is 2.99. The van der Waals surface area contributed by atoms with E-state index >= 15 is 0 Å². The maximum atomic E-state index is 9.96. The topological polar surface area (TPSA) is 39.3 Å². The molecule has 2 N–H and O–H groups in total. The molecule has 0 saturated carbocycles. The maximum Gasteiger partial charge on any atom is 0.0763 e. The molecular weight excluding hydrogens is 284 g/mol. The summed E-state index contributed by atoms with van der Waals surface area (Å²) in [4.78, 5) is 6.16. The Balaban J connectivity index is 1.78. The van der Waals surface area contributed by atoms with Crippen LogP contribution in [0.1, 0.15) is 28.4 Å². The molecule has 0 fully saturated rings. The number of aliphatic hydroxyl groups excluding tert-OH is 1. The number of aliphatic hydroxyl groups is 1. The second-order valence-corrected chi connectivity index (χ2v) is 6.69. The van der Waals surface area contributed by atoms with Gasteiger partial charge in [0.05, 0.1) is 12.6 Å². The van der Waals surface area contributed by atoms with Crippen LogP contribution in [0.5, 0.6) is 0 Å². The van der Waals surface area contributed by atoms with Gasteiger partial charge in [-0.25, -0.2) is 0 Å². The molecule has 3 heteroatoms. The van der Waals surface area contributed by atoms with Crippen LogP contribution in [-0.2, 0) is 12.8 Å². The van der Waals surface area contributed by atoms with E-state index < -0.39 is 0 Å². The highest BCUT2D eigenvalue weighted by Gasteiger charge is 2.39. The predicted octanol–water partition coefficient (Wildman–Crippen LogP) is 3.03. The van der Waals surface area contributed by atoms with Gasteiger partial charge >= 0.3 is 0 Å². The highest BCUT2D eigenvalue weighted by Crippen LogP contribution is 2.43. The first kappa shape index (κ1) is 13.3. The number of fused-ring (bicyclic) bond motifs is 7. The Morgan fingerprint density at radius 1 is 1.09 bits per heavy atom. The van der Waals surface area contributed by atoms with Crippen LogP contribution >= 0.6 is 0 Å². The first-order valence-corrected chi connectivity index (χ1v) is 8.40. The Hall–Kier alpha value is -2.10. The van der Waals surface area contributed by atoms with Crippen molar-refractivity contribution in [2.45, 2.75) is 24.9 Å². The van der Waals surface area contributed by atoms with Crippen molar-refractivity contribution in [3.63, 3.8) is 0 Å². The third-order valence-electron chi connectivity index (χ3n) is 5.56. The molecule has 3 heterocycles. The number of aromatic nitrogens is 1. The van der Waals surface area contributed by atoms with E-state index in [4.69, 9.17) is 0 Å². The zero-order valence-electron chi connectivity index (χ0n) is 13.0. The fourth-order valence-electron chi connectivity index (χ4n) is 4.50. The van der Waals surface area contributed by atoms with Crippen LogP contribution in [0, 0.1) is 0 Å². The van der Waals surface area contributed by atoms with E-state index in [1.807, 2.05) is 0 Å². The van der Waals surface area contributed by atoms with Crippen LogP contribution in [0.3, 0.4) is 0 Å². The summed E-state index contributed by atoms with van der Waals surface area (Å²) in [5.41, 5.74) is 6.75. The van der Waals surface area contributed by atoms with Crippen molar-refractivity contribution in [3.05, 3.63) is 70.9 Å². The van der Waals surface area contributed by atoms with E-state index in [2.05, 4.69) is 58.4 Å². The Morgan fingerprint density at radius 2 is 1.91 bits per heavy atom. The lowest BCUT2D eigenvalue weighted by atomic mass is 9.83. The van der Waals surface area contributed by atoms with Crippen molar-refractivity contribution >= 4 is 10.9 Å². The number of hydrogen-bond acceptors (Lipinski definition) is 2. The van der Waals surface area contributed by atoms with Crippen molar-refractivity contribution in [1.82, 2.24) is 9.88 Å². The zero-order chi connectivity index (χ0) is 15.4. The fourth-order valence-corrected chi connectivity index (χ4v) is 4.50. The molecular formula is C20H20N2O. The van der Waals surface area contributed by atoms with Gasteiger partial charge in [0.25, 0.3) is 0 Å². The van der Waals surface area contributed by atoms with E-state index in [9.17, 15) is 5.11 Å². The molecule has 2 aliphatic heterocycles. The van der Waals surface area contributed by atoms with Gasteiger partial charge in [-0.05, 0) is 35.6 Å². The lowest BCUT2D eigenvalue weighted by molar-refractivity contribution is 0.0787. The van der Waals surface area contributed by atoms with Gasteiger partial charge in [-0.15, -0.1) is 0 Å². The Bertz CT molecular complexity index is 882. The molecule has 2 aromatic carbocycles. The number of aromatic amines is 1. The van der Waals surface area contributed by atoms with Crippen molar-refractivity contribution < 1.29 is 5.11 Å². The van der Waals surface area contributed by atoms with Gasteiger partial charge in [-0.2, -0.15) is 0 Å². The second-order valence-electron chi connectivity index (χ2n) is 6.69. The number of H-pyrrole nitrogens is 1. The quantitative estimate of drug-likeness (QED) is 0.725. The Morgan fingerprint density at radius 3 is 2.83 bits per heavy atom. The molecule has 1 unspecified atom stereocenters. The van der Waals surface area contributed by atoms with Gasteiger partial charge in [0.1, 0.15) is 0 Å². The summed E-state index contributed by atoms with van der Waals surface area (Å²) < 4.78 is 0. The van der Waals surface area contributed by atoms with E-state index in [1.54, 1.807) is 0 Å². The first-order chi connectivity index (χ1) is 11.4. The third kappa shape index (κ3) is 1.84. The Labute approximate surface area is 135 Å². The summed E-state index contributed by atoms with van der Waals surface area (Å²) in [5, 5.41) is 11.3. The fraction of sp³-hybridized carbons (Fsp3) is 0.300. The summed E-state index contributed by atoms with van der Waals surface area (Å²) in [7, 11) is 0. The van der Waals surface area contributed by atoms with Crippen molar-refractivity contribution in [3.8, 4) is 0 Å². The molecule has 116 valence electrons. The van der Waals surface area contributed by atoms with E-state index in [1.165, 1.54) is 33.3 Å². The van der Waals surface area contributed by atoms with Crippen LogP contribution in [0.2, 0.25) is 0 Å². The number of benzene rings is 2. The normalized spacial score (nSPS) is 23.3. The van der Waals surface area contributed by atoms with Crippen molar-refractivity contribution in [2.75, 3.05) is 13.2 Å². The smallest absolute Gasteiger partial charge is 0.0763 e. The van der Waals surface area contributed by atoms with Crippen LogP contribution in [-0.4, -0.2) is 34.2 Å². The molecule has 0 aliphatic carbocycles. The lowest BCUT2D eigenvalue weighted by Gasteiger charge is -2.45. The van der Waals surface area contributed by atoms with Gasteiger partial charge in [0.2, 0.25) is 0 Å². The molecule has 1 aromatic heterocycles. The van der Waals surface area contributed by atoms with Crippen molar-refractivity contribution in [1.29, 1.82) is 0 Å².